The van der Waals surface area contributed by atoms with Crippen LogP contribution in [0.2, 0.25) is 0 Å². The summed E-state index contributed by atoms with van der Waals surface area (Å²) in [5.41, 5.74) is 5.19. The van der Waals surface area contributed by atoms with E-state index in [0.29, 0.717) is 29.2 Å². The number of nitrogens with one attached hydrogen (secondary N) is 1. The quantitative estimate of drug-likeness (QED) is 0.767. The Morgan fingerprint density at radius 1 is 1.28 bits per heavy atom. The second-order valence-electron chi connectivity index (χ2n) is 7.31. The predicted octanol–water partition coefficient (Wildman–Crippen LogP) is 3.61. The Hall–Kier alpha value is -2.85. The summed E-state index contributed by atoms with van der Waals surface area (Å²) in [4.78, 5) is 31.1. The maximum absolute atomic E-state index is 12.6. The van der Waals surface area contributed by atoms with Crippen molar-refractivity contribution in [2.24, 2.45) is 0 Å². The lowest BCUT2D eigenvalue weighted by Crippen LogP contribution is -2.26. The number of hydrogen-bond donors (Lipinski definition) is 1. The summed E-state index contributed by atoms with van der Waals surface area (Å²) in [6.45, 7) is 2.64. The van der Waals surface area contributed by atoms with E-state index in [1.54, 1.807) is 4.90 Å². The van der Waals surface area contributed by atoms with Gasteiger partial charge < -0.3 is 10.2 Å². The van der Waals surface area contributed by atoms with Gasteiger partial charge in [-0.15, -0.1) is 0 Å². The van der Waals surface area contributed by atoms with Crippen LogP contribution in [0.5, 0.6) is 0 Å². The molecule has 2 heterocycles. The number of nitrogens with zero attached hydrogens (tertiary/aromatic N) is 3. The molecule has 2 aromatic rings. The number of para-hydroxylation sites is 2. The zero-order valence-electron chi connectivity index (χ0n) is 16.3. The van der Waals surface area contributed by atoms with E-state index in [0.717, 1.165) is 42.6 Å². The van der Waals surface area contributed by atoms with Crippen molar-refractivity contribution < 1.29 is 9.59 Å². The molecule has 1 aliphatic carbocycles. The fourth-order valence-electron chi connectivity index (χ4n) is 4.02. The molecule has 4 rings (SSSR count). The van der Waals surface area contributed by atoms with Crippen molar-refractivity contribution in [1.29, 1.82) is 5.26 Å². The van der Waals surface area contributed by atoms with E-state index < -0.39 is 0 Å². The maximum Gasteiger partial charge on any atom is 0.234 e. The van der Waals surface area contributed by atoms with Gasteiger partial charge in [-0.05, 0) is 55.9 Å². The molecule has 1 fully saturated rings. The van der Waals surface area contributed by atoms with Crippen LogP contribution in [-0.4, -0.2) is 29.1 Å². The molecule has 0 radical (unpaired) electrons. The molecule has 0 unspecified atom stereocenters. The van der Waals surface area contributed by atoms with Crippen molar-refractivity contribution in [3.05, 3.63) is 46.6 Å². The Balaban J connectivity index is 1.48. The van der Waals surface area contributed by atoms with Crippen LogP contribution < -0.4 is 10.2 Å². The zero-order valence-corrected chi connectivity index (χ0v) is 17.1. The van der Waals surface area contributed by atoms with E-state index in [2.05, 4.69) is 16.4 Å². The lowest BCUT2D eigenvalue weighted by molar-refractivity contribution is -0.117. The van der Waals surface area contributed by atoms with Crippen molar-refractivity contribution in [3.63, 3.8) is 0 Å². The number of aromatic nitrogens is 1. The van der Waals surface area contributed by atoms with E-state index in [-0.39, 0.29) is 17.6 Å². The molecule has 1 N–H and O–H groups in total. The maximum atomic E-state index is 12.6. The molecule has 0 spiro atoms. The van der Waals surface area contributed by atoms with Crippen molar-refractivity contribution in [2.75, 3.05) is 22.5 Å². The van der Waals surface area contributed by atoms with Crippen LogP contribution in [-0.2, 0) is 22.4 Å². The van der Waals surface area contributed by atoms with Gasteiger partial charge >= 0.3 is 0 Å². The Bertz CT molecular complexity index is 1030. The fourth-order valence-corrected chi connectivity index (χ4v) is 4.88. The minimum absolute atomic E-state index is 0.0811. The van der Waals surface area contributed by atoms with Crippen molar-refractivity contribution in [1.82, 2.24) is 4.98 Å². The summed E-state index contributed by atoms with van der Waals surface area (Å²) in [5, 5.41) is 13.1. The molecule has 29 heavy (non-hydrogen) atoms. The van der Waals surface area contributed by atoms with E-state index in [1.165, 1.54) is 17.3 Å². The number of pyridine rings is 1. The number of thioether (sulfide) groups is 1. The Kier molecular flexibility index (Phi) is 5.54. The Morgan fingerprint density at radius 2 is 2.10 bits per heavy atom. The predicted molar refractivity (Wildman–Crippen MR) is 113 cm³/mol. The molecule has 1 aliphatic heterocycles. The van der Waals surface area contributed by atoms with Crippen LogP contribution in [0, 0.1) is 18.3 Å². The number of rotatable bonds is 5. The number of hydrogen-bond acceptors (Lipinski definition) is 5. The number of carbonyl (C=O) groups is 2. The number of fused-ring (bicyclic) bond motifs is 1. The highest BCUT2D eigenvalue weighted by atomic mass is 32.2. The topological polar surface area (TPSA) is 86.1 Å². The minimum Gasteiger partial charge on any atom is -0.324 e. The third-order valence-corrected chi connectivity index (χ3v) is 6.44. The molecule has 7 heteroatoms. The summed E-state index contributed by atoms with van der Waals surface area (Å²) in [5.74, 6) is 0.0535. The first-order valence-electron chi connectivity index (χ1n) is 9.83. The average molecular weight is 407 g/mol. The molecule has 2 aliphatic rings. The van der Waals surface area contributed by atoms with Gasteiger partial charge in [0, 0.05) is 18.7 Å². The molecule has 6 nitrogen and oxygen atoms in total. The smallest absolute Gasteiger partial charge is 0.234 e. The molecule has 0 atom stereocenters. The summed E-state index contributed by atoms with van der Waals surface area (Å²) in [7, 11) is 0. The Labute approximate surface area is 174 Å². The van der Waals surface area contributed by atoms with Gasteiger partial charge in [-0.25, -0.2) is 4.98 Å². The zero-order chi connectivity index (χ0) is 20.4. The van der Waals surface area contributed by atoms with Gasteiger partial charge in [0.25, 0.3) is 0 Å². The molecule has 148 valence electrons. The van der Waals surface area contributed by atoms with Crippen molar-refractivity contribution in [3.8, 4) is 6.07 Å². The first-order chi connectivity index (χ1) is 14.1. The second-order valence-corrected chi connectivity index (χ2v) is 8.27. The molecule has 1 aromatic carbocycles. The number of benzene rings is 1. The monoisotopic (exact) mass is 406 g/mol. The van der Waals surface area contributed by atoms with Gasteiger partial charge in [0.1, 0.15) is 11.1 Å². The van der Waals surface area contributed by atoms with Gasteiger partial charge in [-0.3, -0.25) is 9.59 Å². The van der Waals surface area contributed by atoms with E-state index in [9.17, 15) is 14.9 Å². The fraction of sp³-hybridized carbons (Fsp3) is 0.364. The van der Waals surface area contributed by atoms with Crippen LogP contribution in [0.3, 0.4) is 0 Å². The minimum atomic E-state index is -0.182. The molecule has 1 aromatic heterocycles. The van der Waals surface area contributed by atoms with Crippen molar-refractivity contribution in [2.45, 2.75) is 44.1 Å². The highest BCUT2D eigenvalue weighted by Crippen LogP contribution is 2.32. The molecular weight excluding hydrogens is 384 g/mol. The first kappa shape index (κ1) is 19.5. The summed E-state index contributed by atoms with van der Waals surface area (Å²) in [6, 6.07) is 9.62. The number of anilines is 2. The molecular formula is C22H22N4O2S. The van der Waals surface area contributed by atoms with Crippen LogP contribution >= 0.6 is 11.8 Å². The van der Waals surface area contributed by atoms with Crippen molar-refractivity contribution >= 4 is 35.0 Å². The number of aryl methyl sites for hydroxylation is 1. The molecule has 0 bridgehead atoms. The molecule has 0 saturated carbocycles. The van der Waals surface area contributed by atoms with E-state index in [4.69, 9.17) is 0 Å². The number of nitriles is 1. The van der Waals surface area contributed by atoms with Gasteiger partial charge in [-0.2, -0.15) is 5.26 Å². The summed E-state index contributed by atoms with van der Waals surface area (Å²) < 4.78 is 0. The third kappa shape index (κ3) is 3.85. The highest BCUT2D eigenvalue weighted by molar-refractivity contribution is 8.00. The van der Waals surface area contributed by atoms with Gasteiger partial charge in [0.15, 0.2) is 0 Å². The van der Waals surface area contributed by atoms with E-state index >= 15 is 0 Å². The molecule has 2 amide bonds. The SMILES string of the molecule is Cc1c(C#N)c(SCC(=O)Nc2ccccc2N2CCCC2=O)nc2c1CCC2. The molecule has 1 saturated heterocycles. The van der Waals surface area contributed by atoms with Crippen LogP contribution in [0.4, 0.5) is 11.4 Å². The number of carbonyl (C=O) groups excluding carboxylic acids is 2. The third-order valence-electron chi connectivity index (χ3n) is 5.46. The second kappa shape index (κ2) is 8.26. The van der Waals surface area contributed by atoms with E-state index in [1.807, 2.05) is 31.2 Å². The van der Waals surface area contributed by atoms with Crippen LogP contribution in [0.25, 0.3) is 0 Å². The largest absolute Gasteiger partial charge is 0.324 e. The van der Waals surface area contributed by atoms with Crippen LogP contribution in [0.1, 0.15) is 41.6 Å². The average Bonchev–Trinajstić information content (AvgIpc) is 3.36. The normalized spacial score (nSPS) is 15.3. The lowest BCUT2D eigenvalue weighted by atomic mass is 10.0. The lowest BCUT2D eigenvalue weighted by Gasteiger charge is -2.20. The van der Waals surface area contributed by atoms with Crippen LogP contribution in [0.15, 0.2) is 29.3 Å². The van der Waals surface area contributed by atoms with Gasteiger partial charge in [-0.1, -0.05) is 23.9 Å². The standard InChI is InChI=1S/C22H22N4O2S/c1-14-15-6-4-8-17(15)25-22(16(14)12-23)29-13-20(27)24-18-7-2-3-9-19(18)26-11-5-10-21(26)28/h2-3,7,9H,4-6,8,10-11,13H2,1H3,(H,24,27). The highest BCUT2D eigenvalue weighted by Gasteiger charge is 2.25. The van der Waals surface area contributed by atoms with Gasteiger partial charge in [0.05, 0.1) is 22.7 Å². The summed E-state index contributed by atoms with van der Waals surface area (Å²) >= 11 is 1.29. The Morgan fingerprint density at radius 3 is 2.86 bits per heavy atom. The van der Waals surface area contributed by atoms with Gasteiger partial charge in [0.2, 0.25) is 11.8 Å². The number of amides is 2. The first-order valence-corrected chi connectivity index (χ1v) is 10.8. The summed E-state index contributed by atoms with van der Waals surface area (Å²) in [6.07, 6.45) is 4.34.